The van der Waals surface area contributed by atoms with Crippen molar-refractivity contribution in [2.45, 2.75) is 6.92 Å². The number of esters is 1. The van der Waals surface area contributed by atoms with Crippen LogP contribution in [0.3, 0.4) is 0 Å². The van der Waals surface area contributed by atoms with E-state index >= 15 is 0 Å². The number of ether oxygens (including phenoxy) is 1. The van der Waals surface area contributed by atoms with Gasteiger partial charge in [0.2, 0.25) is 0 Å². The minimum absolute atomic E-state index is 0.322. The summed E-state index contributed by atoms with van der Waals surface area (Å²) in [5.41, 5.74) is 5.65. The van der Waals surface area contributed by atoms with Crippen molar-refractivity contribution in [1.82, 2.24) is 10.2 Å². The van der Waals surface area contributed by atoms with Crippen LogP contribution in [0.2, 0.25) is 0 Å². The quantitative estimate of drug-likeness (QED) is 0.468. The molecule has 1 N–H and O–H groups in total. The van der Waals surface area contributed by atoms with Gasteiger partial charge in [-0.05, 0) is 47.9 Å². The van der Waals surface area contributed by atoms with E-state index in [1.54, 1.807) is 13.0 Å². The predicted octanol–water partition coefficient (Wildman–Crippen LogP) is 5.58. The fourth-order valence-electron chi connectivity index (χ4n) is 3.10. The molecule has 0 aliphatic rings. The molecule has 4 heteroatoms. The van der Waals surface area contributed by atoms with Gasteiger partial charge in [0, 0.05) is 5.39 Å². The zero-order chi connectivity index (χ0) is 19.3. The number of hydrogen-bond acceptors (Lipinski definition) is 3. The predicted molar refractivity (Wildman–Crippen MR) is 113 cm³/mol. The lowest BCUT2D eigenvalue weighted by molar-refractivity contribution is 0.0526. The first-order valence-electron chi connectivity index (χ1n) is 9.23. The molecule has 3 aromatic carbocycles. The van der Waals surface area contributed by atoms with Crippen LogP contribution < -0.4 is 0 Å². The van der Waals surface area contributed by atoms with E-state index in [9.17, 15) is 4.79 Å². The molecule has 1 aromatic heterocycles. The van der Waals surface area contributed by atoms with Gasteiger partial charge in [-0.1, -0.05) is 60.7 Å². The Morgan fingerprint density at radius 3 is 2.46 bits per heavy atom. The molecule has 0 fully saturated rings. The summed E-state index contributed by atoms with van der Waals surface area (Å²) < 4.78 is 5.08. The van der Waals surface area contributed by atoms with E-state index in [1.807, 2.05) is 42.5 Å². The molecule has 4 rings (SSSR count). The second-order valence-electron chi connectivity index (χ2n) is 6.41. The maximum atomic E-state index is 12.0. The van der Waals surface area contributed by atoms with Crippen molar-refractivity contribution in [3.05, 3.63) is 89.6 Å². The van der Waals surface area contributed by atoms with Crippen LogP contribution in [0.25, 0.3) is 34.2 Å². The standard InChI is InChI=1S/C24H20N2O2/c1-2-28-24(27)20-13-15-23-21(16-20)22(25-26-23)14-10-17-8-11-19(12-9-17)18-6-4-3-5-7-18/h3-16H,2H2,1H3,(H,25,26)/b14-10+. The zero-order valence-electron chi connectivity index (χ0n) is 15.6. The minimum Gasteiger partial charge on any atom is -0.462 e. The summed E-state index contributed by atoms with van der Waals surface area (Å²) in [4.78, 5) is 12.0. The summed E-state index contributed by atoms with van der Waals surface area (Å²) in [5, 5.41) is 8.25. The van der Waals surface area contributed by atoms with Crippen LogP contribution in [0.4, 0.5) is 0 Å². The molecule has 1 heterocycles. The molecule has 0 spiro atoms. The zero-order valence-corrected chi connectivity index (χ0v) is 15.6. The van der Waals surface area contributed by atoms with Crippen LogP contribution in [0.1, 0.15) is 28.5 Å². The van der Waals surface area contributed by atoms with E-state index in [-0.39, 0.29) is 5.97 Å². The van der Waals surface area contributed by atoms with E-state index in [1.165, 1.54) is 11.1 Å². The van der Waals surface area contributed by atoms with Gasteiger partial charge in [-0.15, -0.1) is 0 Å². The van der Waals surface area contributed by atoms with Gasteiger partial charge in [-0.25, -0.2) is 4.79 Å². The van der Waals surface area contributed by atoms with E-state index in [4.69, 9.17) is 4.74 Å². The Bertz CT molecular complexity index is 1130. The summed E-state index contributed by atoms with van der Waals surface area (Å²) >= 11 is 0. The normalized spacial score (nSPS) is 11.2. The van der Waals surface area contributed by atoms with Crippen LogP contribution in [0, 0.1) is 0 Å². The summed E-state index contributed by atoms with van der Waals surface area (Å²) in [6.07, 6.45) is 3.96. The van der Waals surface area contributed by atoms with Gasteiger partial charge in [0.1, 0.15) is 0 Å². The number of carbonyl (C=O) groups excluding carboxylic acids is 1. The summed E-state index contributed by atoms with van der Waals surface area (Å²) in [5.74, 6) is -0.322. The summed E-state index contributed by atoms with van der Waals surface area (Å²) in [7, 11) is 0. The Morgan fingerprint density at radius 1 is 0.964 bits per heavy atom. The van der Waals surface area contributed by atoms with Gasteiger partial charge in [0.05, 0.1) is 23.4 Å². The fourth-order valence-corrected chi connectivity index (χ4v) is 3.10. The molecule has 0 amide bonds. The minimum atomic E-state index is -0.322. The van der Waals surface area contributed by atoms with Gasteiger partial charge in [0.15, 0.2) is 0 Å². The number of carbonyl (C=O) groups is 1. The number of fused-ring (bicyclic) bond motifs is 1. The highest BCUT2D eigenvalue weighted by Gasteiger charge is 2.10. The van der Waals surface area contributed by atoms with E-state index in [2.05, 4.69) is 46.6 Å². The highest BCUT2D eigenvalue weighted by molar-refractivity contribution is 5.97. The lowest BCUT2D eigenvalue weighted by Gasteiger charge is -2.02. The van der Waals surface area contributed by atoms with Crippen LogP contribution in [0.15, 0.2) is 72.8 Å². The number of H-pyrrole nitrogens is 1. The van der Waals surface area contributed by atoms with Crippen molar-refractivity contribution in [3.8, 4) is 11.1 Å². The van der Waals surface area contributed by atoms with Gasteiger partial charge < -0.3 is 4.74 Å². The average Bonchev–Trinajstić information content (AvgIpc) is 3.16. The van der Waals surface area contributed by atoms with Crippen molar-refractivity contribution < 1.29 is 9.53 Å². The third-order valence-corrected chi connectivity index (χ3v) is 4.55. The molecule has 0 unspecified atom stereocenters. The Kier molecular flexibility index (Phi) is 5.02. The molecule has 28 heavy (non-hydrogen) atoms. The molecule has 0 atom stereocenters. The van der Waals surface area contributed by atoms with Crippen LogP contribution in [-0.2, 0) is 4.74 Å². The first-order chi connectivity index (χ1) is 13.7. The first-order valence-corrected chi connectivity index (χ1v) is 9.23. The second kappa shape index (κ2) is 7.92. The summed E-state index contributed by atoms with van der Waals surface area (Å²) in [6.45, 7) is 2.15. The molecular weight excluding hydrogens is 348 g/mol. The third kappa shape index (κ3) is 3.71. The van der Waals surface area contributed by atoms with Gasteiger partial charge in [0.25, 0.3) is 0 Å². The molecule has 0 radical (unpaired) electrons. The largest absolute Gasteiger partial charge is 0.462 e. The molecule has 138 valence electrons. The highest BCUT2D eigenvalue weighted by atomic mass is 16.5. The van der Waals surface area contributed by atoms with Crippen molar-refractivity contribution in [2.24, 2.45) is 0 Å². The number of aromatic amines is 1. The maximum Gasteiger partial charge on any atom is 0.338 e. The Balaban J connectivity index is 1.58. The van der Waals surface area contributed by atoms with Gasteiger partial charge in [-0.2, -0.15) is 5.10 Å². The van der Waals surface area contributed by atoms with Crippen molar-refractivity contribution in [2.75, 3.05) is 6.61 Å². The lowest BCUT2D eigenvalue weighted by atomic mass is 10.0. The molecule has 0 aliphatic carbocycles. The number of benzene rings is 3. The van der Waals surface area contributed by atoms with Gasteiger partial charge in [-0.3, -0.25) is 5.10 Å². The Hall–Kier alpha value is -3.66. The fraction of sp³-hybridized carbons (Fsp3) is 0.0833. The lowest BCUT2D eigenvalue weighted by Crippen LogP contribution is -2.04. The highest BCUT2D eigenvalue weighted by Crippen LogP contribution is 2.22. The molecule has 4 aromatic rings. The molecule has 0 saturated carbocycles. The van der Waals surface area contributed by atoms with E-state index in [0.29, 0.717) is 12.2 Å². The van der Waals surface area contributed by atoms with E-state index < -0.39 is 0 Å². The topological polar surface area (TPSA) is 55.0 Å². The SMILES string of the molecule is CCOC(=O)c1ccc2[nH]nc(/C=C/c3ccc(-c4ccccc4)cc3)c2c1. The monoisotopic (exact) mass is 368 g/mol. The Labute approximate surface area is 163 Å². The van der Waals surface area contributed by atoms with Gasteiger partial charge >= 0.3 is 5.97 Å². The van der Waals surface area contributed by atoms with Crippen LogP contribution >= 0.6 is 0 Å². The van der Waals surface area contributed by atoms with Crippen LogP contribution in [0.5, 0.6) is 0 Å². The average molecular weight is 368 g/mol. The van der Waals surface area contributed by atoms with Crippen molar-refractivity contribution >= 4 is 29.0 Å². The second-order valence-corrected chi connectivity index (χ2v) is 6.41. The molecule has 0 saturated heterocycles. The first kappa shape index (κ1) is 17.7. The Morgan fingerprint density at radius 2 is 1.71 bits per heavy atom. The number of nitrogens with zero attached hydrogens (tertiary/aromatic N) is 1. The number of rotatable bonds is 5. The van der Waals surface area contributed by atoms with Crippen molar-refractivity contribution in [1.29, 1.82) is 0 Å². The molecule has 4 nitrogen and oxygen atoms in total. The molecule has 0 aliphatic heterocycles. The number of nitrogens with one attached hydrogen (secondary N) is 1. The smallest absolute Gasteiger partial charge is 0.338 e. The number of hydrogen-bond donors (Lipinski definition) is 1. The third-order valence-electron chi connectivity index (χ3n) is 4.55. The van der Waals surface area contributed by atoms with E-state index in [0.717, 1.165) is 22.2 Å². The molecular formula is C24H20N2O2. The summed E-state index contributed by atoms with van der Waals surface area (Å²) in [6, 6.07) is 24.1. The molecule has 0 bridgehead atoms. The maximum absolute atomic E-state index is 12.0. The van der Waals surface area contributed by atoms with Crippen molar-refractivity contribution in [3.63, 3.8) is 0 Å². The van der Waals surface area contributed by atoms with Crippen LogP contribution in [-0.4, -0.2) is 22.8 Å². The number of aromatic nitrogens is 2.